The molecule has 0 fully saturated rings. The third kappa shape index (κ3) is 5.32. The normalized spacial score (nSPS) is 11.1. The van der Waals surface area contributed by atoms with Gasteiger partial charge in [-0.05, 0) is 41.8 Å². The molecule has 3 rings (SSSR count). The number of carbonyl (C=O) groups excluding carboxylic acids is 1. The van der Waals surface area contributed by atoms with E-state index < -0.39 is 0 Å². The van der Waals surface area contributed by atoms with Crippen molar-refractivity contribution >= 4 is 17.6 Å². The highest BCUT2D eigenvalue weighted by atomic mass is 16.5. The molecule has 3 nitrogen and oxygen atoms in total. The Labute approximate surface area is 160 Å². The van der Waals surface area contributed by atoms with Crippen molar-refractivity contribution in [1.29, 1.82) is 0 Å². The van der Waals surface area contributed by atoms with Crippen LogP contribution in [-0.4, -0.2) is 12.5 Å². The summed E-state index contributed by atoms with van der Waals surface area (Å²) >= 11 is 0. The number of hydrogen-bond donors (Lipinski definition) is 1. The number of ether oxygens (including phenoxy) is 1. The molecule has 3 aromatic rings. The Morgan fingerprint density at radius 1 is 0.926 bits per heavy atom. The molecule has 0 saturated heterocycles. The molecule has 0 spiro atoms. The van der Waals surface area contributed by atoms with Crippen LogP contribution < -0.4 is 10.1 Å². The second kappa shape index (κ2) is 9.39. The third-order valence-electron chi connectivity index (χ3n) is 4.10. The fourth-order valence-corrected chi connectivity index (χ4v) is 2.80. The van der Waals surface area contributed by atoms with Crippen molar-refractivity contribution in [2.75, 3.05) is 6.61 Å². The van der Waals surface area contributed by atoms with E-state index in [1.807, 2.05) is 97.9 Å². The van der Waals surface area contributed by atoms with Crippen LogP contribution in [0.3, 0.4) is 0 Å². The van der Waals surface area contributed by atoms with Gasteiger partial charge in [0.15, 0.2) is 0 Å². The van der Waals surface area contributed by atoms with Gasteiger partial charge < -0.3 is 10.1 Å². The second-order valence-corrected chi connectivity index (χ2v) is 6.10. The number of hydrogen-bond acceptors (Lipinski definition) is 2. The smallest absolute Gasteiger partial charge is 0.252 e. The second-order valence-electron chi connectivity index (χ2n) is 6.10. The molecule has 0 heterocycles. The highest BCUT2D eigenvalue weighted by molar-refractivity contribution is 6.24. The highest BCUT2D eigenvalue weighted by Crippen LogP contribution is 2.19. The fourth-order valence-electron chi connectivity index (χ4n) is 2.80. The van der Waals surface area contributed by atoms with Crippen LogP contribution in [0.15, 0.2) is 84.9 Å². The molecular formula is C24H23NO2. The summed E-state index contributed by atoms with van der Waals surface area (Å²) in [4.78, 5) is 12.9. The zero-order valence-electron chi connectivity index (χ0n) is 15.4. The van der Waals surface area contributed by atoms with Crippen LogP contribution in [0, 0.1) is 0 Å². The van der Waals surface area contributed by atoms with E-state index in [4.69, 9.17) is 4.74 Å². The van der Waals surface area contributed by atoms with E-state index in [0.717, 1.165) is 22.4 Å². The highest BCUT2D eigenvalue weighted by Gasteiger charge is 2.12. The van der Waals surface area contributed by atoms with Gasteiger partial charge in [0.2, 0.25) is 0 Å². The van der Waals surface area contributed by atoms with Crippen LogP contribution in [0.1, 0.15) is 23.6 Å². The molecule has 0 atom stereocenters. The molecule has 0 aliphatic rings. The van der Waals surface area contributed by atoms with Gasteiger partial charge in [-0.2, -0.15) is 0 Å². The van der Waals surface area contributed by atoms with Crippen molar-refractivity contribution in [2.24, 2.45) is 0 Å². The van der Waals surface area contributed by atoms with E-state index in [-0.39, 0.29) is 5.91 Å². The molecule has 0 aliphatic heterocycles. The average Bonchev–Trinajstić information content (AvgIpc) is 2.72. The van der Waals surface area contributed by atoms with E-state index in [1.165, 1.54) is 0 Å². The summed E-state index contributed by atoms with van der Waals surface area (Å²) in [6.07, 6.45) is 1.92. The molecule has 1 N–H and O–H groups in total. The van der Waals surface area contributed by atoms with Crippen LogP contribution in [0.5, 0.6) is 5.75 Å². The Hall–Kier alpha value is -3.33. The summed E-state index contributed by atoms with van der Waals surface area (Å²) < 4.78 is 5.53. The predicted octanol–water partition coefficient (Wildman–Crippen LogP) is 4.94. The Morgan fingerprint density at radius 2 is 1.63 bits per heavy atom. The minimum atomic E-state index is -0.105. The first-order chi connectivity index (χ1) is 13.3. The average molecular weight is 357 g/mol. The van der Waals surface area contributed by atoms with Crippen LogP contribution in [0.2, 0.25) is 0 Å². The van der Waals surface area contributed by atoms with Crippen LogP contribution in [0.25, 0.3) is 11.6 Å². The first-order valence-electron chi connectivity index (χ1n) is 9.08. The predicted molar refractivity (Wildman–Crippen MR) is 110 cm³/mol. The summed E-state index contributed by atoms with van der Waals surface area (Å²) in [6, 6.07) is 27.4. The third-order valence-corrected chi connectivity index (χ3v) is 4.10. The molecule has 0 aliphatic carbocycles. The minimum Gasteiger partial charge on any atom is -0.494 e. The van der Waals surface area contributed by atoms with Gasteiger partial charge in [0.1, 0.15) is 5.75 Å². The van der Waals surface area contributed by atoms with Crippen LogP contribution in [-0.2, 0) is 11.3 Å². The Kier molecular flexibility index (Phi) is 6.42. The van der Waals surface area contributed by atoms with Gasteiger partial charge in [-0.25, -0.2) is 0 Å². The minimum absolute atomic E-state index is 0.105. The van der Waals surface area contributed by atoms with Crippen molar-refractivity contribution in [3.63, 3.8) is 0 Å². The molecular weight excluding hydrogens is 334 g/mol. The molecule has 136 valence electrons. The van der Waals surface area contributed by atoms with Crippen molar-refractivity contribution in [1.82, 2.24) is 5.32 Å². The topological polar surface area (TPSA) is 38.3 Å². The number of benzene rings is 3. The zero-order chi connectivity index (χ0) is 18.9. The number of nitrogens with one attached hydrogen (secondary N) is 1. The van der Waals surface area contributed by atoms with E-state index in [9.17, 15) is 4.79 Å². The SMILES string of the molecule is CCOc1cccc(CNC(=O)/C(=C/c2ccccc2)c2ccccc2)c1. The van der Waals surface area contributed by atoms with Gasteiger partial charge in [-0.3, -0.25) is 4.79 Å². The molecule has 0 radical (unpaired) electrons. The van der Waals surface area contributed by atoms with Gasteiger partial charge in [0, 0.05) is 12.1 Å². The summed E-state index contributed by atoms with van der Waals surface area (Å²) in [5.74, 6) is 0.708. The molecule has 0 aromatic heterocycles. The molecule has 1 amide bonds. The maximum Gasteiger partial charge on any atom is 0.252 e. The first-order valence-corrected chi connectivity index (χ1v) is 9.08. The van der Waals surface area contributed by atoms with E-state index in [2.05, 4.69) is 5.32 Å². The Morgan fingerprint density at radius 3 is 2.33 bits per heavy atom. The van der Waals surface area contributed by atoms with E-state index in [0.29, 0.717) is 18.7 Å². The molecule has 3 heteroatoms. The Bertz CT molecular complexity index is 902. The fraction of sp³-hybridized carbons (Fsp3) is 0.125. The van der Waals surface area contributed by atoms with Gasteiger partial charge in [0.25, 0.3) is 5.91 Å². The number of amides is 1. The zero-order valence-corrected chi connectivity index (χ0v) is 15.4. The van der Waals surface area contributed by atoms with Crippen molar-refractivity contribution in [3.8, 4) is 5.75 Å². The van der Waals surface area contributed by atoms with E-state index >= 15 is 0 Å². The summed E-state index contributed by atoms with van der Waals surface area (Å²) in [5, 5.41) is 3.02. The number of carbonyl (C=O) groups is 1. The van der Waals surface area contributed by atoms with Gasteiger partial charge >= 0.3 is 0 Å². The monoisotopic (exact) mass is 357 g/mol. The molecule has 0 saturated carbocycles. The maximum atomic E-state index is 12.9. The first kappa shape index (κ1) is 18.5. The molecule has 27 heavy (non-hydrogen) atoms. The van der Waals surface area contributed by atoms with E-state index in [1.54, 1.807) is 0 Å². The van der Waals surface area contributed by atoms with Gasteiger partial charge in [0.05, 0.1) is 6.61 Å². The Balaban J connectivity index is 1.79. The molecule has 0 unspecified atom stereocenters. The summed E-state index contributed by atoms with van der Waals surface area (Å²) in [7, 11) is 0. The largest absolute Gasteiger partial charge is 0.494 e. The lowest BCUT2D eigenvalue weighted by Crippen LogP contribution is -2.23. The van der Waals surface area contributed by atoms with Crippen LogP contribution >= 0.6 is 0 Å². The van der Waals surface area contributed by atoms with Crippen molar-refractivity contribution in [2.45, 2.75) is 13.5 Å². The van der Waals surface area contributed by atoms with Gasteiger partial charge in [-0.15, -0.1) is 0 Å². The summed E-state index contributed by atoms with van der Waals surface area (Å²) in [5.41, 5.74) is 3.52. The number of rotatable bonds is 7. The lowest BCUT2D eigenvalue weighted by atomic mass is 10.0. The molecule has 0 bridgehead atoms. The lowest BCUT2D eigenvalue weighted by Gasteiger charge is -2.11. The standard InChI is InChI=1S/C24H23NO2/c1-2-27-22-15-9-12-20(16-22)18-25-24(26)23(21-13-7-4-8-14-21)17-19-10-5-3-6-11-19/h3-17H,2,18H2,1H3,(H,25,26)/b23-17+. The lowest BCUT2D eigenvalue weighted by molar-refractivity contribution is -0.115. The van der Waals surface area contributed by atoms with Crippen LogP contribution in [0.4, 0.5) is 0 Å². The molecule has 3 aromatic carbocycles. The summed E-state index contributed by atoms with van der Waals surface area (Å²) in [6.45, 7) is 3.02. The van der Waals surface area contributed by atoms with Crippen molar-refractivity contribution < 1.29 is 9.53 Å². The quantitative estimate of drug-likeness (QED) is 0.480. The van der Waals surface area contributed by atoms with Gasteiger partial charge in [-0.1, -0.05) is 72.8 Å². The maximum absolute atomic E-state index is 12.9. The van der Waals surface area contributed by atoms with Crippen molar-refractivity contribution in [3.05, 3.63) is 102 Å².